The molecule has 0 bridgehead atoms. The first-order valence-electron chi connectivity index (χ1n) is 11.7. The van der Waals surface area contributed by atoms with Crippen LogP contribution in [0.5, 0.6) is 0 Å². The number of hydrogen-bond acceptors (Lipinski definition) is 4. The van der Waals surface area contributed by atoms with Gasteiger partial charge in [-0.3, -0.25) is 10.1 Å². The van der Waals surface area contributed by atoms with Crippen molar-refractivity contribution >= 4 is 34.1 Å². The SMILES string of the molecule is CN(c1ccc(-c2ccc(N(c3ccccc3)c3ccccc3)cc2)cc1)c1ccc([N+](=O)[O-])cc1. The summed E-state index contributed by atoms with van der Waals surface area (Å²) in [6, 6.07) is 44.2. The number of anilines is 5. The molecule has 0 radical (unpaired) electrons. The molecular weight excluding hydrogens is 446 g/mol. The predicted molar refractivity (Wildman–Crippen MR) is 148 cm³/mol. The van der Waals surface area contributed by atoms with Crippen LogP contribution in [0.15, 0.2) is 133 Å². The first kappa shape index (κ1) is 22.9. The Bertz CT molecular complexity index is 1400. The second kappa shape index (κ2) is 10.2. The Hall–Kier alpha value is -4.90. The third-order valence-corrected chi connectivity index (χ3v) is 6.19. The Balaban J connectivity index is 1.38. The average molecular weight is 472 g/mol. The predicted octanol–water partition coefficient (Wildman–Crippen LogP) is 8.50. The third-order valence-electron chi connectivity index (χ3n) is 6.19. The van der Waals surface area contributed by atoms with Gasteiger partial charge in [0, 0.05) is 47.6 Å². The van der Waals surface area contributed by atoms with Crippen molar-refractivity contribution in [2.24, 2.45) is 0 Å². The molecule has 0 aliphatic rings. The van der Waals surface area contributed by atoms with Crippen molar-refractivity contribution in [1.29, 1.82) is 0 Å². The summed E-state index contributed by atoms with van der Waals surface area (Å²) in [7, 11) is 1.95. The molecule has 0 aliphatic heterocycles. The zero-order chi connectivity index (χ0) is 24.9. The van der Waals surface area contributed by atoms with Crippen molar-refractivity contribution in [2.75, 3.05) is 16.8 Å². The molecule has 0 unspecified atom stereocenters. The van der Waals surface area contributed by atoms with Crippen LogP contribution in [0.4, 0.5) is 34.1 Å². The second-order valence-corrected chi connectivity index (χ2v) is 8.43. The highest BCUT2D eigenvalue weighted by Gasteiger charge is 2.12. The van der Waals surface area contributed by atoms with Crippen molar-refractivity contribution in [2.45, 2.75) is 0 Å². The fourth-order valence-electron chi connectivity index (χ4n) is 4.23. The number of benzene rings is 5. The van der Waals surface area contributed by atoms with Crippen molar-refractivity contribution in [3.63, 3.8) is 0 Å². The fourth-order valence-corrected chi connectivity index (χ4v) is 4.23. The molecule has 176 valence electrons. The van der Waals surface area contributed by atoms with Crippen LogP contribution < -0.4 is 9.80 Å². The lowest BCUT2D eigenvalue weighted by Crippen LogP contribution is -2.09. The lowest BCUT2D eigenvalue weighted by atomic mass is 10.0. The molecule has 0 saturated heterocycles. The van der Waals surface area contributed by atoms with Gasteiger partial charge in [-0.2, -0.15) is 0 Å². The van der Waals surface area contributed by atoms with E-state index in [1.54, 1.807) is 12.1 Å². The lowest BCUT2D eigenvalue weighted by molar-refractivity contribution is -0.384. The fraction of sp³-hybridized carbons (Fsp3) is 0.0323. The summed E-state index contributed by atoms with van der Waals surface area (Å²) in [5, 5.41) is 10.9. The Morgan fingerprint density at radius 3 is 1.28 bits per heavy atom. The normalized spacial score (nSPS) is 10.6. The van der Waals surface area contributed by atoms with Gasteiger partial charge in [-0.1, -0.05) is 60.7 Å². The van der Waals surface area contributed by atoms with Crippen LogP contribution in [-0.2, 0) is 0 Å². The number of nitrogens with zero attached hydrogens (tertiary/aromatic N) is 3. The van der Waals surface area contributed by atoms with Gasteiger partial charge in [0.2, 0.25) is 0 Å². The summed E-state index contributed by atoms with van der Waals surface area (Å²) in [4.78, 5) is 14.8. The van der Waals surface area contributed by atoms with E-state index in [-0.39, 0.29) is 10.6 Å². The van der Waals surface area contributed by atoms with Gasteiger partial charge >= 0.3 is 0 Å². The maximum atomic E-state index is 10.9. The molecule has 0 fully saturated rings. The molecule has 0 aromatic heterocycles. The maximum absolute atomic E-state index is 10.9. The van der Waals surface area contributed by atoms with E-state index in [0.717, 1.165) is 39.6 Å². The van der Waals surface area contributed by atoms with Gasteiger partial charge < -0.3 is 9.80 Å². The van der Waals surface area contributed by atoms with Gasteiger partial charge in [0.05, 0.1) is 4.92 Å². The summed E-state index contributed by atoms with van der Waals surface area (Å²) in [5.74, 6) is 0. The smallest absolute Gasteiger partial charge is 0.269 e. The molecule has 0 saturated carbocycles. The van der Waals surface area contributed by atoms with Crippen molar-refractivity contribution < 1.29 is 4.92 Å². The summed E-state index contributed by atoms with van der Waals surface area (Å²) in [6.45, 7) is 0. The topological polar surface area (TPSA) is 49.6 Å². The first-order valence-corrected chi connectivity index (χ1v) is 11.7. The summed E-state index contributed by atoms with van der Waals surface area (Å²) < 4.78 is 0. The molecule has 0 spiro atoms. The zero-order valence-corrected chi connectivity index (χ0v) is 19.9. The quantitative estimate of drug-likeness (QED) is 0.176. The molecule has 0 aliphatic carbocycles. The van der Waals surface area contributed by atoms with E-state index in [1.165, 1.54) is 12.1 Å². The van der Waals surface area contributed by atoms with Gasteiger partial charge in [-0.05, 0) is 71.8 Å². The minimum absolute atomic E-state index is 0.0871. The van der Waals surface area contributed by atoms with Crippen molar-refractivity contribution in [3.05, 3.63) is 144 Å². The van der Waals surface area contributed by atoms with Crippen LogP contribution in [0.1, 0.15) is 0 Å². The third kappa shape index (κ3) is 4.81. The maximum Gasteiger partial charge on any atom is 0.269 e. The van der Waals surface area contributed by atoms with Crippen LogP contribution in [0.2, 0.25) is 0 Å². The Morgan fingerprint density at radius 1 is 0.500 bits per heavy atom. The molecular formula is C31H25N3O2. The first-order chi connectivity index (χ1) is 17.6. The van der Waals surface area contributed by atoms with Gasteiger partial charge in [-0.25, -0.2) is 0 Å². The van der Waals surface area contributed by atoms with Gasteiger partial charge in [0.25, 0.3) is 5.69 Å². The highest BCUT2D eigenvalue weighted by molar-refractivity contribution is 5.78. The largest absolute Gasteiger partial charge is 0.345 e. The summed E-state index contributed by atoms with van der Waals surface area (Å²) >= 11 is 0. The highest BCUT2D eigenvalue weighted by atomic mass is 16.6. The van der Waals surface area contributed by atoms with E-state index in [4.69, 9.17) is 0 Å². The Kier molecular flexibility index (Phi) is 6.45. The van der Waals surface area contributed by atoms with Crippen LogP contribution in [0, 0.1) is 10.1 Å². The Labute approximate surface area is 210 Å². The van der Waals surface area contributed by atoms with E-state index in [1.807, 2.05) is 24.1 Å². The van der Waals surface area contributed by atoms with Crippen LogP contribution in [-0.4, -0.2) is 12.0 Å². The molecule has 0 N–H and O–H groups in total. The van der Waals surface area contributed by atoms with E-state index >= 15 is 0 Å². The lowest BCUT2D eigenvalue weighted by Gasteiger charge is -2.25. The van der Waals surface area contributed by atoms with Crippen LogP contribution in [0.3, 0.4) is 0 Å². The number of nitro benzene ring substituents is 1. The molecule has 0 heterocycles. The van der Waals surface area contributed by atoms with Crippen LogP contribution >= 0.6 is 0 Å². The van der Waals surface area contributed by atoms with Gasteiger partial charge in [-0.15, -0.1) is 0 Å². The molecule has 5 aromatic rings. The molecule has 5 aromatic carbocycles. The van der Waals surface area contributed by atoms with E-state index < -0.39 is 0 Å². The average Bonchev–Trinajstić information content (AvgIpc) is 2.94. The number of nitro groups is 1. The second-order valence-electron chi connectivity index (χ2n) is 8.43. The number of hydrogen-bond donors (Lipinski definition) is 0. The van der Waals surface area contributed by atoms with Gasteiger partial charge in [0.1, 0.15) is 0 Å². The van der Waals surface area contributed by atoms with Crippen LogP contribution in [0.25, 0.3) is 11.1 Å². The number of rotatable bonds is 7. The minimum atomic E-state index is -0.386. The molecule has 0 amide bonds. The number of para-hydroxylation sites is 2. The standard InChI is InChI=1S/C31H25N3O2/c1-32(27-20-22-31(23-21-27)34(35)36)26-16-12-24(13-17-26)25-14-18-30(19-15-25)33(28-8-4-2-5-9-28)29-10-6-3-7-11-29/h2-23H,1H3. The number of non-ortho nitro benzene ring substituents is 1. The van der Waals surface area contributed by atoms with E-state index in [9.17, 15) is 10.1 Å². The summed E-state index contributed by atoms with van der Waals surface area (Å²) in [5.41, 5.74) is 7.53. The van der Waals surface area contributed by atoms with E-state index in [0.29, 0.717) is 0 Å². The Morgan fingerprint density at radius 2 is 0.861 bits per heavy atom. The summed E-state index contributed by atoms with van der Waals surface area (Å²) in [6.07, 6.45) is 0. The monoisotopic (exact) mass is 471 g/mol. The minimum Gasteiger partial charge on any atom is -0.345 e. The molecule has 5 nitrogen and oxygen atoms in total. The van der Waals surface area contributed by atoms with Gasteiger partial charge in [0.15, 0.2) is 0 Å². The highest BCUT2D eigenvalue weighted by Crippen LogP contribution is 2.35. The van der Waals surface area contributed by atoms with Crippen molar-refractivity contribution in [3.8, 4) is 11.1 Å². The molecule has 5 heteroatoms. The van der Waals surface area contributed by atoms with E-state index in [2.05, 4.69) is 102 Å². The molecule has 36 heavy (non-hydrogen) atoms. The zero-order valence-electron chi connectivity index (χ0n) is 19.9. The van der Waals surface area contributed by atoms with Crippen molar-refractivity contribution in [1.82, 2.24) is 0 Å². The molecule has 5 rings (SSSR count). The molecule has 0 atom stereocenters.